The maximum Gasteiger partial charge on any atom is 0.338 e. The Hall–Kier alpha value is -3.33. The lowest BCUT2D eigenvalue weighted by Crippen LogP contribution is -2.29. The van der Waals surface area contributed by atoms with Gasteiger partial charge in [0.1, 0.15) is 17.6 Å². The molecule has 0 spiro atoms. The van der Waals surface area contributed by atoms with Crippen LogP contribution >= 0.6 is 11.8 Å². The lowest BCUT2D eigenvalue weighted by atomic mass is 9.96. The Morgan fingerprint density at radius 3 is 2.61 bits per heavy atom. The summed E-state index contributed by atoms with van der Waals surface area (Å²) in [7, 11) is 1.35. The highest BCUT2D eigenvalue weighted by Crippen LogP contribution is 2.37. The van der Waals surface area contributed by atoms with Gasteiger partial charge in [-0.15, -0.1) is 5.10 Å². The van der Waals surface area contributed by atoms with Crippen molar-refractivity contribution in [2.45, 2.75) is 43.8 Å². The first-order valence-electron chi connectivity index (χ1n) is 10.5. The molecular formula is C24H25FN4O3S. The maximum absolute atomic E-state index is 14.0. The second-order valence-corrected chi connectivity index (χ2v) is 8.78. The van der Waals surface area contributed by atoms with Crippen molar-refractivity contribution in [2.75, 3.05) is 12.4 Å². The molecule has 0 fully saturated rings. The summed E-state index contributed by atoms with van der Waals surface area (Å²) in [5, 5.41) is 8.26. The molecule has 1 aromatic heterocycles. The molecule has 7 nitrogen and oxygen atoms in total. The van der Waals surface area contributed by atoms with Crippen LogP contribution < -0.4 is 10.1 Å². The predicted octanol–water partition coefficient (Wildman–Crippen LogP) is 4.96. The summed E-state index contributed by atoms with van der Waals surface area (Å²) in [6.07, 6.45) is 0.0541. The lowest BCUT2D eigenvalue weighted by Gasteiger charge is -2.28. The number of hydrogen-bond donors (Lipinski definition) is 1. The van der Waals surface area contributed by atoms with Crippen molar-refractivity contribution in [1.29, 1.82) is 0 Å². The number of thioether (sulfide) groups is 1. The molecule has 1 unspecified atom stereocenters. The van der Waals surface area contributed by atoms with Crippen molar-refractivity contribution in [2.24, 2.45) is 0 Å². The second-order valence-electron chi connectivity index (χ2n) is 7.84. The van der Waals surface area contributed by atoms with Crippen LogP contribution in [0.3, 0.4) is 0 Å². The molecule has 0 bridgehead atoms. The number of benzene rings is 2. The van der Waals surface area contributed by atoms with Crippen LogP contribution in [0.15, 0.2) is 65.0 Å². The SMILES string of the molecule is COC(=O)C1=C(C)Nc2nc(SCc3ccccc3F)nn2C1c1ccc(OC(C)C)cc1. The highest BCUT2D eigenvalue weighted by molar-refractivity contribution is 7.98. The van der Waals surface area contributed by atoms with Crippen LogP contribution in [0.2, 0.25) is 0 Å². The minimum absolute atomic E-state index is 0.0541. The molecular weight excluding hydrogens is 443 g/mol. The average molecular weight is 469 g/mol. The van der Waals surface area contributed by atoms with Crippen LogP contribution in [0.1, 0.15) is 37.9 Å². The summed E-state index contributed by atoms with van der Waals surface area (Å²) in [5.41, 5.74) is 2.49. The number of carbonyl (C=O) groups is 1. The van der Waals surface area contributed by atoms with E-state index in [1.54, 1.807) is 29.8 Å². The zero-order valence-corrected chi connectivity index (χ0v) is 19.6. The van der Waals surface area contributed by atoms with Crippen LogP contribution in [0.5, 0.6) is 5.75 Å². The summed E-state index contributed by atoms with van der Waals surface area (Å²) < 4.78 is 26.5. The summed E-state index contributed by atoms with van der Waals surface area (Å²) >= 11 is 1.33. The average Bonchev–Trinajstić information content (AvgIpc) is 3.19. The molecule has 172 valence electrons. The van der Waals surface area contributed by atoms with E-state index in [9.17, 15) is 9.18 Å². The van der Waals surface area contributed by atoms with E-state index in [4.69, 9.17) is 9.47 Å². The van der Waals surface area contributed by atoms with Gasteiger partial charge in [-0.05, 0) is 50.1 Å². The van der Waals surface area contributed by atoms with E-state index in [1.807, 2.05) is 38.1 Å². The summed E-state index contributed by atoms with van der Waals surface area (Å²) in [6.45, 7) is 5.73. The molecule has 2 heterocycles. The number of aromatic nitrogens is 3. The Kier molecular flexibility index (Phi) is 6.69. The van der Waals surface area contributed by atoms with E-state index in [1.165, 1.54) is 24.9 Å². The van der Waals surface area contributed by atoms with Crippen LogP contribution in [-0.2, 0) is 15.3 Å². The zero-order valence-electron chi connectivity index (χ0n) is 18.8. The van der Waals surface area contributed by atoms with Crippen LogP contribution in [0, 0.1) is 5.82 Å². The Morgan fingerprint density at radius 2 is 1.94 bits per heavy atom. The van der Waals surface area contributed by atoms with Gasteiger partial charge < -0.3 is 14.8 Å². The predicted molar refractivity (Wildman–Crippen MR) is 125 cm³/mol. The lowest BCUT2D eigenvalue weighted by molar-refractivity contribution is -0.136. The first kappa shape index (κ1) is 22.8. The van der Waals surface area contributed by atoms with E-state index >= 15 is 0 Å². The number of methoxy groups -OCH3 is 1. The molecule has 1 N–H and O–H groups in total. The van der Waals surface area contributed by atoms with Gasteiger partial charge in [-0.2, -0.15) is 4.98 Å². The van der Waals surface area contributed by atoms with E-state index in [0.717, 1.165) is 11.3 Å². The molecule has 0 saturated carbocycles. The summed E-state index contributed by atoms with van der Waals surface area (Å²) in [4.78, 5) is 17.3. The number of allylic oxidation sites excluding steroid dienone is 1. The van der Waals surface area contributed by atoms with Gasteiger partial charge in [-0.3, -0.25) is 0 Å². The first-order chi connectivity index (χ1) is 15.9. The number of ether oxygens (including phenoxy) is 2. The third-order valence-corrected chi connectivity index (χ3v) is 6.01. The summed E-state index contributed by atoms with van der Waals surface area (Å²) in [5.74, 6) is 0.915. The van der Waals surface area contributed by atoms with Crippen molar-refractivity contribution in [3.05, 3.63) is 76.7 Å². The fourth-order valence-corrected chi connectivity index (χ4v) is 4.45. The molecule has 2 aromatic carbocycles. The molecule has 0 aliphatic carbocycles. The normalized spacial score (nSPS) is 15.3. The molecule has 1 atom stereocenters. The van der Waals surface area contributed by atoms with Crippen molar-refractivity contribution in [3.8, 4) is 5.75 Å². The standard InChI is InChI=1S/C24H25FN4O3S/c1-14(2)32-18-11-9-16(10-12-18)21-20(22(30)31-4)15(3)26-23-27-24(28-29(21)23)33-13-17-7-5-6-8-19(17)25/h5-12,14,21H,13H2,1-4H3,(H,26,27,28). The topological polar surface area (TPSA) is 78.3 Å². The third-order valence-electron chi connectivity index (χ3n) is 5.12. The number of halogens is 1. The van der Waals surface area contributed by atoms with Gasteiger partial charge in [0.25, 0.3) is 0 Å². The second kappa shape index (κ2) is 9.66. The Morgan fingerprint density at radius 1 is 1.21 bits per heavy atom. The first-order valence-corrected chi connectivity index (χ1v) is 11.5. The van der Waals surface area contributed by atoms with E-state index in [0.29, 0.717) is 33.7 Å². The number of hydrogen-bond acceptors (Lipinski definition) is 7. The van der Waals surface area contributed by atoms with Gasteiger partial charge in [-0.1, -0.05) is 42.1 Å². The molecule has 33 heavy (non-hydrogen) atoms. The third kappa shape index (κ3) is 4.88. The fraction of sp³-hybridized carbons (Fsp3) is 0.292. The summed E-state index contributed by atoms with van der Waals surface area (Å²) in [6, 6.07) is 13.6. The van der Waals surface area contributed by atoms with Crippen molar-refractivity contribution in [3.63, 3.8) is 0 Å². The molecule has 1 aliphatic heterocycles. The molecule has 4 rings (SSSR count). The maximum atomic E-state index is 14.0. The van der Waals surface area contributed by atoms with E-state index < -0.39 is 12.0 Å². The largest absolute Gasteiger partial charge is 0.491 e. The number of nitrogens with one attached hydrogen (secondary N) is 1. The van der Waals surface area contributed by atoms with Crippen molar-refractivity contribution < 1.29 is 18.7 Å². The number of anilines is 1. The molecule has 3 aromatic rings. The fourth-order valence-electron chi connectivity index (χ4n) is 3.63. The van der Waals surface area contributed by atoms with E-state index in [2.05, 4.69) is 15.4 Å². The van der Waals surface area contributed by atoms with Gasteiger partial charge in [0, 0.05) is 11.4 Å². The van der Waals surface area contributed by atoms with Crippen molar-refractivity contribution >= 4 is 23.7 Å². The Labute approximate surface area is 196 Å². The van der Waals surface area contributed by atoms with Crippen molar-refractivity contribution in [1.82, 2.24) is 14.8 Å². The number of fused-ring (bicyclic) bond motifs is 1. The van der Waals surface area contributed by atoms with Gasteiger partial charge >= 0.3 is 5.97 Å². The van der Waals surface area contributed by atoms with Crippen LogP contribution in [0.4, 0.5) is 10.3 Å². The molecule has 0 saturated heterocycles. The van der Waals surface area contributed by atoms with Gasteiger partial charge in [0.05, 0.1) is 18.8 Å². The highest BCUT2D eigenvalue weighted by atomic mass is 32.2. The van der Waals surface area contributed by atoms with Crippen LogP contribution in [0.25, 0.3) is 0 Å². The minimum atomic E-state index is -0.530. The molecule has 1 aliphatic rings. The minimum Gasteiger partial charge on any atom is -0.491 e. The number of nitrogens with zero attached hydrogens (tertiary/aromatic N) is 3. The molecule has 0 radical (unpaired) electrons. The number of carbonyl (C=O) groups excluding carboxylic acids is 1. The van der Waals surface area contributed by atoms with Gasteiger partial charge in [0.2, 0.25) is 11.1 Å². The monoisotopic (exact) mass is 468 g/mol. The number of rotatable bonds is 7. The van der Waals surface area contributed by atoms with E-state index in [-0.39, 0.29) is 11.9 Å². The Balaban J connectivity index is 1.68. The van der Waals surface area contributed by atoms with Crippen LogP contribution in [-0.4, -0.2) is 33.9 Å². The highest BCUT2D eigenvalue weighted by Gasteiger charge is 2.35. The Bertz CT molecular complexity index is 1190. The smallest absolute Gasteiger partial charge is 0.338 e. The molecule has 0 amide bonds. The quantitative estimate of drug-likeness (QED) is 0.388. The zero-order chi connectivity index (χ0) is 23.5. The number of esters is 1. The molecule has 9 heteroatoms. The van der Waals surface area contributed by atoms with Gasteiger partial charge in [-0.25, -0.2) is 13.9 Å². The van der Waals surface area contributed by atoms with Gasteiger partial charge in [0.15, 0.2) is 0 Å².